The van der Waals surface area contributed by atoms with Crippen molar-refractivity contribution in [2.45, 2.75) is 33.2 Å². The van der Waals surface area contributed by atoms with E-state index >= 15 is 0 Å². The molecule has 1 aliphatic heterocycles. The van der Waals surface area contributed by atoms with Gasteiger partial charge in [-0.3, -0.25) is 4.79 Å². The number of aryl methyl sites for hydroxylation is 1. The van der Waals surface area contributed by atoms with Crippen LogP contribution in [0.1, 0.15) is 25.0 Å². The Balaban J connectivity index is 1.66. The number of amides is 3. The average Bonchev–Trinajstić information content (AvgIpc) is 2.78. The van der Waals surface area contributed by atoms with E-state index in [0.29, 0.717) is 31.1 Å². The van der Waals surface area contributed by atoms with Crippen LogP contribution in [-0.4, -0.2) is 61.6 Å². The van der Waals surface area contributed by atoms with Gasteiger partial charge < -0.3 is 24.6 Å². The number of hydrogen-bond donors (Lipinski definition) is 1. The maximum Gasteiger partial charge on any atom is 0.322 e. The lowest BCUT2D eigenvalue weighted by Crippen LogP contribution is -2.59. The van der Waals surface area contributed by atoms with E-state index in [2.05, 4.69) is 19.2 Å². The van der Waals surface area contributed by atoms with Crippen LogP contribution in [0.15, 0.2) is 42.5 Å². The Labute approximate surface area is 190 Å². The first kappa shape index (κ1) is 23.4. The smallest absolute Gasteiger partial charge is 0.322 e. The predicted octanol–water partition coefficient (Wildman–Crippen LogP) is 3.96. The van der Waals surface area contributed by atoms with Crippen LogP contribution in [0.2, 0.25) is 0 Å². The summed E-state index contributed by atoms with van der Waals surface area (Å²) in [5.74, 6) is 1.50. The number of piperazine rings is 1. The molecule has 0 radical (unpaired) electrons. The Morgan fingerprint density at radius 1 is 1.06 bits per heavy atom. The van der Waals surface area contributed by atoms with Crippen molar-refractivity contribution >= 4 is 17.6 Å². The van der Waals surface area contributed by atoms with Gasteiger partial charge in [0, 0.05) is 25.3 Å². The molecule has 3 amide bonds. The normalized spacial score (nSPS) is 16.1. The van der Waals surface area contributed by atoms with E-state index in [1.54, 1.807) is 14.2 Å². The van der Waals surface area contributed by atoms with Gasteiger partial charge in [0.15, 0.2) is 11.5 Å². The summed E-state index contributed by atoms with van der Waals surface area (Å²) in [5.41, 5.74) is 2.74. The minimum atomic E-state index is -0.124. The zero-order valence-corrected chi connectivity index (χ0v) is 19.6. The molecule has 0 spiro atoms. The van der Waals surface area contributed by atoms with Crippen molar-refractivity contribution in [1.82, 2.24) is 9.80 Å². The van der Waals surface area contributed by atoms with Gasteiger partial charge in [-0.2, -0.15) is 0 Å². The fourth-order valence-corrected chi connectivity index (χ4v) is 4.05. The number of urea groups is 1. The molecule has 7 heteroatoms. The highest BCUT2D eigenvalue weighted by molar-refractivity contribution is 5.90. The Bertz CT molecular complexity index is 960. The molecule has 7 nitrogen and oxygen atoms in total. The fourth-order valence-electron chi connectivity index (χ4n) is 4.05. The highest BCUT2D eigenvalue weighted by Crippen LogP contribution is 2.28. The molecule has 1 atom stereocenters. The molecule has 2 aromatic carbocycles. The Kier molecular flexibility index (Phi) is 7.62. The van der Waals surface area contributed by atoms with Crippen LogP contribution in [0.25, 0.3) is 0 Å². The van der Waals surface area contributed by atoms with Crippen molar-refractivity contribution in [3.05, 3.63) is 53.6 Å². The van der Waals surface area contributed by atoms with Gasteiger partial charge in [-0.1, -0.05) is 32.0 Å². The highest BCUT2D eigenvalue weighted by Gasteiger charge is 2.34. The second-order valence-electron chi connectivity index (χ2n) is 8.51. The summed E-state index contributed by atoms with van der Waals surface area (Å²) in [6.45, 7) is 7.69. The van der Waals surface area contributed by atoms with Gasteiger partial charge in [-0.25, -0.2) is 4.79 Å². The molecule has 1 aliphatic rings. The van der Waals surface area contributed by atoms with Gasteiger partial charge in [0.1, 0.15) is 0 Å². The van der Waals surface area contributed by atoms with Crippen LogP contribution in [0, 0.1) is 12.8 Å². The molecule has 2 aromatic rings. The molecule has 3 rings (SSSR count). The number of hydrogen-bond acceptors (Lipinski definition) is 4. The number of ether oxygens (including phenoxy) is 2. The molecule has 1 heterocycles. The quantitative estimate of drug-likeness (QED) is 0.740. The third-order valence-corrected chi connectivity index (χ3v) is 5.87. The third-order valence-electron chi connectivity index (χ3n) is 5.87. The number of nitrogens with zero attached hydrogens (tertiary/aromatic N) is 2. The standard InChI is InChI=1S/C25H33N3O4/c1-17(2)21-16-27(24(29)15-19-9-10-22(31-4)23(14-19)32-5)11-12-28(21)25(30)26-20-8-6-7-18(3)13-20/h6-10,13-14,17,21H,11-12,15-16H2,1-5H3,(H,26,30). The largest absolute Gasteiger partial charge is 0.493 e. The minimum absolute atomic E-state index is 0.0432. The number of anilines is 1. The summed E-state index contributed by atoms with van der Waals surface area (Å²) >= 11 is 0. The van der Waals surface area contributed by atoms with Gasteiger partial charge in [-0.05, 0) is 48.2 Å². The Morgan fingerprint density at radius 2 is 1.81 bits per heavy atom. The van der Waals surface area contributed by atoms with Crippen molar-refractivity contribution in [1.29, 1.82) is 0 Å². The number of carbonyl (C=O) groups is 2. The molecule has 0 aliphatic carbocycles. The predicted molar refractivity (Wildman–Crippen MR) is 125 cm³/mol. The zero-order chi connectivity index (χ0) is 23.3. The van der Waals surface area contributed by atoms with E-state index in [0.717, 1.165) is 16.8 Å². The van der Waals surface area contributed by atoms with Gasteiger partial charge in [-0.15, -0.1) is 0 Å². The maximum atomic E-state index is 13.0. The SMILES string of the molecule is COc1ccc(CC(=O)N2CCN(C(=O)Nc3cccc(C)c3)C(C(C)C)C2)cc1OC. The number of nitrogens with one attached hydrogen (secondary N) is 1. The van der Waals surface area contributed by atoms with E-state index in [1.165, 1.54) is 0 Å². The molecular formula is C25H33N3O4. The van der Waals surface area contributed by atoms with E-state index in [-0.39, 0.29) is 30.3 Å². The number of benzene rings is 2. The van der Waals surface area contributed by atoms with Crippen molar-refractivity contribution in [2.75, 3.05) is 39.2 Å². The van der Waals surface area contributed by atoms with Crippen LogP contribution in [-0.2, 0) is 11.2 Å². The molecule has 1 unspecified atom stereocenters. The van der Waals surface area contributed by atoms with Gasteiger partial charge in [0.05, 0.1) is 26.7 Å². The molecule has 172 valence electrons. The summed E-state index contributed by atoms with van der Waals surface area (Å²) in [6, 6.07) is 13.1. The van der Waals surface area contributed by atoms with Crippen molar-refractivity contribution in [2.24, 2.45) is 5.92 Å². The topological polar surface area (TPSA) is 71.1 Å². The summed E-state index contributed by atoms with van der Waals surface area (Å²) in [7, 11) is 3.17. The lowest BCUT2D eigenvalue weighted by atomic mass is 9.99. The zero-order valence-electron chi connectivity index (χ0n) is 19.6. The lowest BCUT2D eigenvalue weighted by molar-refractivity contribution is -0.133. The summed E-state index contributed by atoms with van der Waals surface area (Å²) in [4.78, 5) is 29.7. The number of methoxy groups -OCH3 is 2. The van der Waals surface area contributed by atoms with Crippen LogP contribution < -0.4 is 14.8 Å². The maximum absolute atomic E-state index is 13.0. The highest BCUT2D eigenvalue weighted by atomic mass is 16.5. The molecule has 1 saturated heterocycles. The summed E-state index contributed by atoms with van der Waals surface area (Å²) < 4.78 is 10.6. The molecule has 1 N–H and O–H groups in total. The lowest BCUT2D eigenvalue weighted by Gasteiger charge is -2.43. The molecular weight excluding hydrogens is 406 g/mol. The number of rotatable bonds is 6. The summed E-state index contributed by atoms with van der Waals surface area (Å²) in [6.07, 6.45) is 0.278. The first-order valence-electron chi connectivity index (χ1n) is 10.9. The van der Waals surface area contributed by atoms with E-state index in [9.17, 15) is 9.59 Å². The molecule has 0 aromatic heterocycles. The third kappa shape index (κ3) is 5.52. The second-order valence-corrected chi connectivity index (χ2v) is 8.51. The van der Waals surface area contributed by atoms with E-state index < -0.39 is 0 Å². The first-order valence-corrected chi connectivity index (χ1v) is 10.9. The fraction of sp³-hybridized carbons (Fsp3) is 0.440. The summed E-state index contributed by atoms with van der Waals surface area (Å²) in [5, 5.41) is 3.00. The molecule has 32 heavy (non-hydrogen) atoms. The van der Waals surface area contributed by atoms with Crippen LogP contribution in [0.4, 0.5) is 10.5 Å². The first-order chi connectivity index (χ1) is 15.3. The van der Waals surface area contributed by atoms with Gasteiger partial charge >= 0.3 is 6.03 Å². The van der Waals surface area contributed by atoms with Crippen molar-refractivity contribution in [3.63, 3.8) is 0 Å². The van der Waals surface area contributed by atoms with Crippen LogP contribution in [0.5, 0.6) is 11.5 Å². The number of carbonyl (C=O) groups excluding carboxylic acids is 2. The van der Waals surface area contributed by atoms with Gasteiger partial charge in [0.2, 0.25) is 5.91 Å². The van der Waals surface area contributed by atoms with Crippen LogP contribution >= 0.6 is 0 Å². The van der Waals surface area contributed by atoms with Gasteiger partial charge in [0.25, 0.3) is 0 Å². The van der Waals surface area contributed by atoms with Crippen molar-refractivity contribution < 1.29 is 19.1 Å². The Morgan fingerprint density at radius 3 is 2.47 bits per heavy atom. The molecule has 1 fully saturated rings. The van der Waals surface area contributed by atoms with Crippen LogP contribution in [0.3, 0.4) is 0 Å². The second kappa shape index (κ2) is 10.4. The van der Waals surface area contributed by atoms with E-state index in [1.807, 2.05) is 59.2 Å². The van der Waals surface area contributed by atoms with Crippen molar-refractivity contribution in [3.8, 4) is 11.5 Å². The molecule has 0 saturated carbocycles. The van der Waals surface area contributed by atoms with E-state index in [4.69, 9.17) is 9.47 Å². The molecule has 0 bridgehead atoms. The Hall–Kier alpha value is -3.22. The minimum Gasteiger partial charge on any atom is -0.493 e. The monoisotopic (exact) mass is 439 g/mol. The average molecular weight is 440 g/mol.